The number of fused-ring (bicyclic) bond motifs is 2. The molecule has 14 nitrogen and oxygen atoms in total. The number of ether oxygens (including phenoxy) is 6. The number of hydrogen-bond donors (Lipinski definition) is 2. The van der Waals surface area contributed by atoms with E-state index < -0.39 is 46.6 Å². The van der Waals surface area contributed by atoms with E-state index >= 15 is 0 Å². The Morgan fingerprint density at radius 3 is 1.40 bits per heavy atom. The van der Waals surface area contributed by atoms with Crippen molar-refractivity contribution in [3.8, 4) is 34.5 Å². The van der Waals surface area contributed by atoms with Crippen LogP contribution in [0.25, 0.3) is 10.6 Å². The quantitative estimate of drug-likeness (QED) is 0.0779. The molecular formula is C32H32F4N6O8S2Zn. The summed E-state index contributed by atoms with van der Waals surface area (Å²) in [5.74, 6) is 1.94. The Balaban J connectivity index is 0.000000232. The molecule has 0 saturated carbocycles. The standard InChI is InChI=1S/2C16H16F2N3O4S.Zn/c2*1-23-13-5-6-19-12(14(13)24-2)8-26(22)16-20-10-4-3-9(25-15(17)18)7-11(10)21-16;/h2*3-7,15-16,20H,8H2,1-2H3;/q2*-1;+2. The summed E-state index contributed by atoms with van der Waals surface area (Å²) in [6.45, 7) is -5.84. The zero-order valence-electron chi connectivity index (χ0n) is 28.6. The Morgan fingerprint density at radius 1 is 0.660 bits per heavy atom. The fourth-order valence-electron chi connectivity index (χ4n) is 5.00. The third kappa shape index (κ3) is 10.4. The predicted octanol–water partition coefficient (Wildman–Crippen LogP) is 6.72. The number of pyridine rings is 2. The van der Waals surface area contributed by atoms with Gasteiger partial charge >= 0.3 is 32.7 Å². The third-order valence-electron chi connectivity index (χ3n) is 7.25. The molecular weight excluding hydrogens is 802 g/mol. The minimum atomic E-state index is -2.92. The maximum atomic E-state index is 12.7. The summed E-state index contributed by atoms with van der Waals surface area (Å²) in [4.78, 5) is 8.39. The number of alkyl halides is 4. The van der Waals surface area contributed by atoms with Crippen LogP contribution in [0.4, 0.5) is 40.3 Å². The minimum absolute atomic E-state index is 0. The first kappa shape index (κ1) is 41.5. The van der Waals surface area contributed by atoms with Gasteiger partial charge in [-0.05, 0) is 58.7 Å². The molecule has 4 heterocycles. The molecule has 21 heteroatoms. The van der Waals surface area contributed by atoms with Crippen LogP contribution in [0.5, 0.6) is 34.5 Å². The summed E-state index contributed by atoms with van der Waals surface area (Å²) in [6.07, 6.45) is 3.08. The fourth-order valence-corrected chi connectivity index (χ4v) is 7.24. The minimum Gasteiger partial charge on any atom is -0.619 e. The SMILES string of the molecule is COc1ccnc(C[S+]([O-])C2[N-]c3cc(OC(F)F)ccc3N2)c1OC.COc1ccnc(C[S+]([O-])C2[N-]c3cc(OC(F)F)ccc3N2)c1OC.[Zn+2]. The van der Waals surface area contributed by atoms with E-state index in [9.17, 15) is 26.7 Å². The number of halogens is 4. The van der Waals surface area contributed by atoms with Gasteiger partial charge in [0.2, 0.25) is 0 Å². The van der Waals surface area contributed by atoms with Crippen molar-refractivity contribution in [1.29, 1.82) is 0 Å². The van der Waals surface area contributed by atoms with E-state index in [4.69, 9.17) is 18.9 Å². The first-order valence-electron chi connectivity index (χ1n) is 15.0. The van der Waals surface area contributed by atoms with Gasteiger partial charge in [0.05, 0.1) is 28.4 Å². The molecule has 2 aliphatic heterocycles. The molecule has 2 aliphatic rings. The second-order valence-electron chi connectivity index (χ2n) is 10.4. The number of methoxy groups -OCH3 is 4. The number of nitrogens with zero attached hydrogens (tertiary/aromatic N) is 4. The second-order valence-corrected chi connectivity index (χ2v) is 13.4. The monoisotopic (exact) mass is 832 g/mol. The van der Waals surface area contributed by atoms with Crippen molar-refractivity contribution in [1.82, 2.24) is 9.97 Å². The van der Waals surface area contributed by atoms with Gasteiger partial charge in [-0.25, -0.2) is 0 Å². The Bertz CT molecular complexity index is 1700. The van der Waals surface area contributed by atoms with Crippen molar-refractivity contribution in [3.63, 3.8) is 0 Å². The molecule has 0 radical (unpaired) electrons. The zero-order valence-corrected chi connectivity index (χ0v) is 33.2. The van der Waals surface area contributed by atoms with Gasteiger partial charge in [-0.2, -0.15) is 17.6 Å². The van der Waals surface area contributed by atoms with Crippen LogP contribution in [0, 0.1) is 0 Å². The van der Waals surface area contributed by atoms with Crippen molar-refractivity contribution < 1.29 is 74.6 Å². The smallest absolute Gasteiger partial charge is 0.619 e. The van der Waals surface area contributed by atoms with Crippen LogP contribution >= 0.6 is 0 Å². The van der Waals surface area contributed by atoms with Gasteiger partial charge < -0.3 is 58.8 Å². The van der Waals surface area contributed by atoms with Gasteiger partial charge in [0.15, 0.2) is 34.5 Å². The molecule has 0 aliphatic carbocycles. The molecule has 280 valence electrons. The van der Waals surface area contributed by atoms with Crippen LogP contribution in [0.15, 0.2) is 60.9 Å². The van der Waals surface area contributed by atoms with E-state index in [0.29, 0.717) is 57.1 Å². The molecule has 4 unspecified atom stereocenters. The van der Waals surface area contributed by atoms with Crippen LogP contribution in [-0.4, -0.2) is 71.7 Å². The topological polar surface area (TPSA) is 180 Å². The van der Waals surface area contributed by atoms with Crippen LogP contribution in [0.3, 0.4) is 0 Å². The Morgan fingerprint density at radius 2 is 1.06 bits per heavy atom. The maximum absolute atomic E-state index is 12.7. The summed E-state index contributed by atoms with van der Waals surface area (Å²) >= 11 is -2.95. The molecule has 4 aromatic rings. The first-order chi connectivity index (χ1) is 25.0. The van der Waals surface area contributed by atoms with Crippen molar-refractivity contribution in [2.45, 2.75) is 35.7 Å². The van der Waals surface area contributed by atoms with Crippen LogP contribution < -0.4 is 39.1 Å². The predicted molar refractivity (Wildman–Crippen MR) is 185 cm³/mol. The summed E-state index contributed by atoms with van der Waals surface area (Å²) < 4.78 is 104. The zero-order chi connectivity index (χ0) is 37.4. The average molecular weight is 834 g/mol. The molecule has 2 aromatic heterocycles. The van der Waals surface area contributed by atoms with Gasteiger partial charge in [0, 0.05) is 35.9 Å². The molecule has 6 rings (SSSR count). The second kappa shape index (κ2) is 19.2. The van der Waals surface area contributed by atoms with Crippen molar-refractivity contribution in [3.05, 3.63) is 82.9 Å². The fraction of sp³-hybridized carbons (Fsp3) is 0.312. The molecule has 0 saturated heterocycles. The summed E-state index contributed by atoms with van der Waals surface area (Å²) in [6, 6.07) is 11.9. The van der Waals surface area contributed by atoms with E-state index in [0.717, 1.165) is 0 Å². The van der Waals surface area contributed by atoms with Crippen molar-refractivity contribution in [2.24, 2.45) is 0 Å². The van der Waals surface area contributed by atoms with E-state index in [1.54, 1.807) is 24.3 Å². The Labute approximate surface area is 320 Å². The third-order valence-corrected chi connectivity index (χ3v) is 9.81. The molecule has 0 spiro atoms. The normalized spacial score (nSPS) is 16.2. The van der Waals surface area contributed by atoms with Crippen molar-refractivity contribution >= 4 is 45.1 Å². The number of anilines is 2. The molecule has 2 aromatic carbocycles. The molecule has 4 atom stereocenters. The number of aromatic nitrogens is 2. The van der Waals surface area contributed by atoms with E-state index in [-0.39, 0.29) is 42.5 Å². The molecule has 0 amide bonds. The van der Waals surface area contributed by atoms with Crippen LogP contribution in [-0.2, 0) is 53.3 Å². The number of rotatable bonds is 14. The number of hydrogen-bond acceptors (Lipinski definition) is 12. The molecule has 0 bridgehead atoms. The van der Waals surface area contributed by atoms with Crippen LogP contribution in [0.2, 0.25) is 0 Å². The molecule has 53 heavy (non-hydrogen) atoms. The Hall–Kier alpha value is -4.30. The molecule has 2 N–H and O–H groups in total. The van der Waals surface area contributed by atoms with Gasteiger partial charge in [-0.15, -0.1) is 11.4 Å². The summed E-state index contributed by atoms with van der Waals surface area (Å²) in [5.41, 5.74) is 1.49. The van der Waals surface area contributed by atoms with Gasteiger partial charge in [0.25, 0.3) is 0 Å². The summed E-state index contributed by atoms with van der Waals surface area (Å²) in [7, 11) is 5.96. The first-order valence-corrected chi connectivity index (χ1v) is 17.8. The van der Waals surface area contributed by atoms with Gasteiger partial charge in [-0.1, -0.05) is 0 Å². The average Bonchev–Trinajstić information content (AvgIpc) is 3.75. The largest absolute Gasteiger partial charge is 2.00 e. The number of nitrogens with one attached hydrogen (secondary N) is 2. The van der Waals surface area contributed by atoms with Gasteiger partial charge in [-0.3, -0.25) is 9.97 Å². The van der Waals surface area contributed by atoms with Crippen molar-refractivity contribution in [2.75, 3.05) is 39.1 Å². The maximum Gasteiger partial charge on any atom is 2.00 e. The Kier molecular flexibility index (Phi) is 15.0. The van der Waals surface area contributed by atoms with E-state index in [1.165, 1.54) is 65.1 Å². The van der Waals surface area contributed by atoms with Gasteiger partial charge in [0.1, 0.15) is 33.9 Å². The molecule has 0 fully saturated rings. The van der Waals surface area contributed by atoms with E-state index in [2.05, 4.69) is 40.7 Å². The van der Waals surface area contributed by atoms with Crippen LogP contribution in [0.1, 0.15) is 11.4 Å². The van der Waals surface area contributed by atoms with E-state index in [1.807, 2.05) is 0 Å². The summed E-state index contributed by atoms with van der Waals surface area (Å²) in [5, 5.41) is 14.5. The number of benzene rings is 2.